The Hall–Kier alpha value is -4.42. The molecular formula is C32H32N4O2. The number of primary amides is 1. The molecule has 1 saturated heterocycles. The van der Waals surface area contributed by atoms with Crippen molar-refractivity contribution in [3.63, 3.8) is 0 Å². The number of anilines is 2. The van der Waals surface area contributed by atoms with Crippen molar-refractivity contribution in [3.8, 4) is 0 Å². The van der Waals surface area contributed by atoms with Crippen molar-refractivity contribution in [2.24, 2.45) is 5.73 Å². The van der Waals surface area contributed by atoms with Gasteiger partial charge in [0, 0.05) is 55.1 Å². The number of amides is 2. The van der Waals surface area contributed by atoms with Gasteiger partial charge < -0.3 is 15.5 Å². The van der Waals surface area contributed by atoms with E-state index in [1.807, 2.05) is 59.5 Å². The molecule has 0 aromatic heterocycles. The Morgan fingerprint density at radius 1 is 0.658 bits per heavy atom. The number of benzene rings is 4. The molecule has 1 fully saturated rings. The minimum absolute atomic E-state index is 0.00629. The van der Waals surface area contributed by atoms with Gasteiger partial charge in [-0.15, -0.1) is 0 Å². The van der Waals surface area contributed by atoms with Crippen molar-refractivity contribution in [3.05, 3.63) is 132 Å². The number of nitrogens with two attached hydrogens (primary N) is 1. The van der Waals surface area contributed by atoms with Gasteiger partial charge in [0.15, 0.2) is 0 Å². The molecule has 0 radical (unpaired) electrons. The quantitative estimate of drug-likeness (QED) is 0.369. The van der Waals surface area contributed by atoms with Gasteiger partial charge in [0.05, 0.1) is 6.17 Å². The van der Waals surface area contributed by atoms with Gasteiger partial charge in [-0.2, -0.15) is 0 Å². The van der Waals surface area contributed by atoms with Crippen molar-refractivity contribution >= 4 is 23.2 Å². The fourth-order valence-electron chi connectivity index (χ4n) is 5.06. The zero-order valence-electron chi connectivity index (χ0n) is 21.3. The Kier molecular flexibility index (Phi) is 7.81. The normalized spacial score (nSPS) is 14.6. The Bertz CT molecular complexity index is 1300. The second-order valence-electron chi connectivity index (χ2n) is 9.48. The van der Waals surface area contributed by atoms with E-state index in [2.05, 4.69) is 58.3 Å². The van der Waals surface area contributed by atoms with Crippen LogP contribution in [0.2, 0.25) is 0 Å². The summed E-state index contributed by atoms with van der Waals surface area (Å²) in [5.74, 6) is -0.352. The number of carbonyl (C=O) groups excluding carboxylic acids is 2. The van der Waals surface area contributed by atoms with Crippen LogP contribution >= 0.6 is 0 Å². The van der Waals surface area contributed by atoms with Crippen LogP contribution in [0.3, 0.4) is 0 Å². The third-order valence-corrected chi connectivity index (χ3v) is 7.07. The fourth-order valence-corrected chi connectivity index (χ4v) is 5.06. The first kappa shape index (κ1) is 25.2. The van der Waals surface area contributed by atoms with Crippen LogP contribution in [-0.2, 0) is 6.42 Å². The van der Waals surface area contributed by atoms with Gasteiger partial charge in [-0.3, -0.25) is 14.5 Å². The van der Waals surface area contributed by atoms with E-state index in [1.165, 1.54) is 0 Å². The van der Waals surface area contributed by atoms with Crippen molar-refractivity contribution in [2.45, 2.75) is 12.6 Å². The number of piperazine rings is 1. The lowest BCUT2D eigenvalue weighted by molar-refractivity contribution is 0.0572. The molecule has 1 unspecified atom stereocenters. The van der Waals surface area contributed by atoms with Gasteiger partial charge in [-0.1, -0.05) is 66.7 Å². The molecule has 1 aliphatic heterocycles. The van der Waals surface area contributed by atoms with Crippen LogP contribution in [0, 0.1) is 0 Å². The Balaban J connectivity index is 1.45. The first-order chi connectivity index (χ1) is 18.6. The van der Waals surface area contributed by atoms with E-state index in [0.717, 1.165) is 42.0 Å². The second kappa shape index (κ2) is 11.8. The summed E-state index contributed by atoms with van der Waals surface area (Å²) in [4.78, 5) is 31.5. The summed E-state index contributed by atoms with van der Waals surface area (Å²) in [5, 5.41) is 0. The number of carbonyl (C=O) groups is 2. The standard InChI is InChI=1S/C32H32N4O2/c33-31(37)26-18-16-25(17-19-26)24-30(36(28-12-6-2-7-13-28)29-14-8-3-9-15-29)34-20-22-35(23-21-34)32(38)27-10-4-1-5-11-27/h1-19,30H,20-24H2,(H2,33,37). The minimum atomic E-state index is -0.428. The summed E-state index contributed by atoms with van der Waals surface area (Å²) >= 11 is 0. The molecule has 0 saturated carbocycles. The van der Waals surface area contributed by atoms with Crippen LogP contribution in [-0.4, -0.2) is 54.0 Å². The average molecular weight is 505 g/mol. The van der Waals surface area contributed by atoms with Crippen LogP contribution in [0.25, 0.3) is 0 Å². The SMILES string of the molecule is NC(=O)c1ccc(CC(N2CCN(C(=O)c3ccccc3)CC2)N(c2ccccc2)c2ccccc2)cc1. The summed E-state index contributed by atoms with van der Waals surface area (Å²) < 4.78 is 0. The van der Waals surface area contributed by atoms with E-state index in [-0.39, 0.29) is 12.1 Å². The van der Waals surface area contributed by atoms with E-state index in [1.54, 1.807) is 12.1 Å². The third kappa shape index (κ3) is 5.76. The highest BCUT2D eigenvalue weighted by molar-refractivity contribution is 5.94. The first-order valence-electron chi connectivity index (χ1n) is 13.0. The number of para-hydroxylation sites is 2. The summed E-state index contributed by atoms with van der Waals surface area (Å²) in [6, 6.07) is 37.8. The molecule has 6 heteroatoms. The smallest absolute Gasteiger partial charge is 0.253 e. The molecule has 0 spiro atoms. The van der Waals surface area contributed by atoms with E-state index < -0.39 is 5.91 Å². The van der Waals surface area contributed by atoms with Crippen LogP contribution in [0.5, 0.6) is 0 Å². The van der Waals surface area contributed by atoms with Crippen LogP contribution in [0.15, 0.2) is 115 Å². The molecule has 0 aliphatic carbocycles. The van der Waals surface area contributed by atoms with Gasteiger partial charge in [0.25, 0.3) is 5.91 Å². The maximum absolute atomic E-state index is 13.1. The zero-order valence-corrected chi connectivity index (χ0v) is 21.3. The molecule has 1 aliphatic rings. The summed E-state index contributed by atoms with van der Waals surface area (Å²) in [7, 11) is 0. The Morgan fingerprint density at radius 3 is 1.66 bits per heavy atom. The number of hydrogen-bond donors (Lipinski definition) is 1. The summed E-state index contributed by atoms with van der Waals surface area (Å²) in [5.41, 5.74) is 10.0. The highest BCUT2D eigenvalue weighted by Gasteiger charge is 2.31. The molecular weight excluding hydrogens is 472 g/mol. The fraction of sp³-hybridized carbons (Fsp3) is 0.188. The highest BCUT2D eigenvalue weighted by Crippen LogP contribution is 2.31. The minimum Gasteiger partial charge on any atom is -0.366 e. The largest absolute Gasteiger partial charge is 0.366 e. The van der Waals surface area contributed by atoms with Crippen molar-refractivity contribution in [2.75, 3.05) is 31.1 Å². The number of hydrogen-bond acceptors (Lipinski definition) is 4. The van der Waals surface area contributed by atoms with Crippen molar-refractivity contribution in [1.29, 1.82) is 0 Å². The molecule has 192 valence electrons. The molecule has 4 aromatic rings. The van der Waals surface area contributed by atoms with Gasteiger partial charge in [0.1, 0.15) is 0 Å². The lowest BCUT2D eigenvalue weighted by Gasteiger charge is -2.45. The molecule has 6 nitrogen and oxygen atoms in total. The van der Waals surface area contributed by atoms with E-state index in [4.69, 9.17) is 5.73 Å². The molecule has 2 amide bonds. The molecule has 5 rings (SSSR count). The summed E-state index contributed by atoms with van der Waals surface area (Å²) in [6.07, 6.45) is 0.725. The Labute approximate surface area is 223 Å². The van der Waals surface area contributed by atoms with E-state index in [9.17, 15) is 9.59 Å². The molecule has 1 atom stereocenters. The maximum atomic E-state index is 13.1. The van der Waals surface area contributed by atoms with Gasteiger partial charge in [0.2, 0.25) is 5.91 Å². The molecule has 2 N–H and O–H groups in total. The topological polar surface area (TPSA) is 69.9 Å². The molecule has 4 aromatic carbocycles. The lowest BCUT2D eigenvalue weighted by Crippen LogP contribution is -2.56. The number of nitrogens with zero attached hydrogens (tertiary/aromatic N) is 3. The lowest BCUT2D eigenvalue weighted by atomic mass is 10.0. The van der Waals surface area contributed by atoms with Crippen LogP contribution < -0.4 is 10.6 Å². The molecule has 1 heterocycles. The van der Waals surface area contributed by atoms with E-state index >= 15 is 0 Å². The summed E-state index contributed by atoms with van der Waals surface area (Å²) in [6.45, 7) is 2.81. The van der Waals surface area contributed by atoms with E-state index in [0.29, 0.717) is 18.7 Å². The zero-order chi connectivity index (χ0) is 26.3. The van der Waals surface area contributed by atoms with Gasteiger partial charge >= 0.3 is 0 Å². The third-order valence-electron chi connectivity index (χ3n) is 7.07. The van der Waals surface area contributed by atoms with Crippen molar-refractivity contribution in [1.82, 2.24) is 9.80 Å². The average Bonchev–Trinajstić information content (AvgIpc) is 2.98. The second-order valence-corrected chi connectivity index (χ2v) is 9.48. The number of rotatable bonds is 8. The highest BCUT2D eigenvalue weighted by atomic mass is 16.2. The Morgan fingerprint density at radius 2 is 1.16 bits per heavy atom. The van der Waals surface area contributed by atoms with Crippen LogP contribution in [0.4, 0.5) is 11.4 Å². The monoisotopic (exact) mass is 504 g/mol. The predicted octanol–water partition coefficient (Wildman–Crippen LogP) is 4.95. The molecule has 38 heavy (non-hydrogen) atoms. The molecule has 0 bridgehead atoms. The van der Waals surface area contributed by atoms with Crippen molar-refractivity contribution < 1.29 is 9.59 Å². The first-order valence-corrected chi connectivity index (χ1v) is 13.0. The van der Waals surface area contributed by atoms with Gasteiger partial charge in [-0.25, -0.2) is 0 Å². The maximum Gasteiger partial charge on any atom is 0.253 e. The van der Waals surface area contributed by atoms with Crippen LogP contribution in [0.1, 0.15) is 26.3 Å². The predicted molar refractivity (Wildman–Crippen MR) is 151 cm³/mol. The van der Waals surface area contributed by atoms with Gasteiger partial charge in [-0.05, 0) is 54.1 Å².